The van der Waals surface area contributed by atoms with Crippen LogP contribution in [0.15, 0.2) is 0 Å². The summed E-state index contributed by atoms with van der Waals surface area (Å²) < 4.78 is 29.0. The summed E-state index contributed by atoms with van der Waals surface area (Å²) >= 11 is 0. The van der Waals surface area contributed by atoms with Gasteiger partial charge in [0.15, 0.2) is 0 Å². The molecule has 0 aliphatic carbocycles. The summed E-state index contributed by atoms with van der Waals surface area (Å²) in [5, 5.41) is 0. The van der Waals surface area contributed by atoms with E-state index in [9.17, 15) is 8.42 Å². The Morgan fingerprint density at radius 2 is 1.78 bits per heavy atom. The lowest BCUT2D eigenvalue weighted by Gasteiger charge is -2.35. The number of rotatable bonds is 6. The van der Waals surface area contributed by atoms with Gasteiger partial charge in [-0.1, -0.05) is 13.8 Å². The molecule has 1 aliphatic rings. The standard InChI is InChI=1S/C12H27N3O2S/c1-4-12(3,5-2)14-18(16,17)15-8-6-11(10-13)7-9-15/h11,14H,4-10,13H2,1-3H3. The molecule has 0 radical (unpaired) electrons. The van der Waals surface area contributed by atoms with Crippen molar-refractivity contribution >= 4 is 10.2 Å². The molecule has 0 aromatic rings. The normalized spacial score (nSPS) is 20.2. The summed E-state index contributed by atoms with van der Waals surface area (Å²) in [6, 6.07) is 0. The molecular formula is C12H27N3O2S. The summed E-state index contributed by atoms with van der Waals surface area (Å²) in [5.41, 5.74) is 5.28. The van der Waals surface area contributed by atoms with Gasteiger partial charge in [0, 0.05) is 18.6 Å². The van der Waals surface area contributed by atoms with E-state index in [0.29, 0.717) is 25.6 Å². The van der Waals surface area contributed by atoms with Crippen molar-refractivity contribution in [2.24, 2.45) is 11.7 Å². The van der Waals surface area contributed by atoms with Crippen molar-refractivity contribution < 1.29 is 8.42 Å². The van der Waals surface area contributed by atoms with Crippen molar-refractivity contribution in [3.8, 4) is 0 Å². The van der Waals surface area contributed by atoms with Gasteiger partial charge >= 0.3 is 0 Å². The minimum Gasteiger partial charge on any atom is -0.330 e. The van der Waals surface area contributed by atoms with Crippen LogP contribution in [0.25, 0.3) is 0 Å². The van der Waals surface area contributed by atoms with Crippen LogP contribution in [0.3, 0.4) is 0 Å². The lowest BCUT2D eigenvalue weighted by molar-refractivity contribution is 0.268. The van der Waals surface area contributed by atoms with Gasteiger partial charge < -0.3 is 5.73 Å². The van der Waals surface area contributed by atoms with Gasteiger partial charge in [0.05, 0.1) is 0 Å². The van der Waals surface area contributed by atoms with Crippen LogP contribution < -0.4 is 10.5 Å². The third-order valence-electron chi connectivity index (χ3n) is 4.18. The maximum Gasteiger partial charge on any atom is 0.279 e. The molecule has 0 atom stereocenters. The summed E-state index contributed by atoms with van der Waals surface area (Å²) in [4.78, 5) is 0. The molecule has 1 aliphatic heterocycles. The summed E-state index contributed by atoms with van der Waals surface area (Å²) in [5.74, 6) is 0.472. The van der Waals surface area contributed by atoms with Crippen molar-refractivity contribution in [3.63, 3.8) is 0 Å². The minimum absolute atomic E-state index is 0.344. The quantitative estimate of drug-likeness (QED) is 0.762. The van der Waals surface area contributed by atoms with Crippen molar-refractivity contribution in [1.82, 2.24) is 9.03 Å². The van der Waals surface area contributed by atoms with Gasteiger partial charge in [-0.2, -0.15) is 17.4 Å². The first-order chi connectivity index (χ1) is 8.37. The first-order valence-corrected chi connectivity index (χ1v) is 8.30. The van der Waals surface area contributed by atoms with Crippen LogP contribution in [0.5, 0.6) is 0 Å². The number of nitrogens with zero attached hydrogens (tertiary/aromatic N) is 1. The lowest BCUT2D eigenvalue weighted by Crippen LogP contribution is -2.53. The summed E-state index contributed by atoms with van der Waals surface area (Å²) in [6.45, 7) is 7.79. The minimum atomic E-state index is -3.35. The predicted octanol–water partition coefficient (Wildman–Crippen LogP) is 1.07. The molecule has 0 saturated carbocycles. The van der Waals surface area contributed by atoms with Crippen LogP contribution >= 0.6 is 0 Å². The lowest BCUT2D eigenvalue weighted by atomic mass is 9.98. The Morgan fingerprint density at radius 1 is 1.28 bits per heavy atom. The number of piperidine rings is 1. The average Bonchev–Trinajstić information content (AvgIpc) is 2.38. The van der Waals surface area contributed by atoms with Gasteiger partial charge in [0.1, 0.15) is 0 Å². The second-order valence-electron chi connectivity index (χ2n) is 5.45. The van der Waals surface area contributed by atoms with Gasteiger partial charge in [-0.3, -0.25) is 0 Å². The molecule has 1 rings (SSSR count). The summed E-state index contributed by atoms with van der Waals surface area (Å²) in [7, 11) is -3.35. The van der Waals surface area contributed by atoms with Crippen LogP contribution in [0.2, 0.25) is 0 Å². The van der Waals surface area contributed by atoms with E-state index in [4.69, 9.17) is 5.73 Å². The van der Waals surface area contributed by atoms with Crippen LogP contribution in [-0.2, 0) is 10.2 Å². The fourth-order valence-electron chi connectivity index (χ4n) is 2.16. The molecule has 1 heterocycles. The Bertz CT molecular complexity index is 344. The van der Waals surface area contributed by atoms with E-state index in [0.717, 1.165) is 25.7 Å². The third-order valence-corrected chi connectivity index (χ3v) is 5.98. The smallest absolute Gasteiger partial charge is 0.279 e. The highest BCUT2D eigenvalue weighted by atomic mass is 32.2. The van der Waals surface area contributed by atoms with Gasteiger partial charge in [0.2, 0.25) is 0 Å². The molecule has 0 amide bonds. The van der Waals surface area contributed by atoms with Crippen molar-refractivity contribution in [1.29, 1.82) is 0 Å². The Hall–Kier alpha value is -0.170. The average molecular weight is 277 g/mol. The zero-order valence-corrected chi connectivity index (χ0v) is 12.6. The Labute approximate surface area is 111 Å². The van der Waals surface area contributed by atoms with Gasteiger partial charge in [0.25, 0.3) is 10.2 Å². The van der Waals surface area contributed by atoms with E-state index in [-0.39, 0.29) is 5.54 Å². The maximum absolute atomic E-state index is 12.3. The Balaban J connectivity index is 2.65. The molecule has 0 aromatic carbocycles. The number of hydrogen-bond donors (Lipinski definition) is 2. The fourth-order valence-corrected chi connectivity index (χ4v) is 3.89. The molecule has 1 fully saturated rings. The molecule has 5 nitrogen and oxygen atoms in total. The molecule has 6 heteroatoms. The van der Waals surface area contributed by atoms with Crippen LogP contribution in [0.4, 0.5) is 0 Å². The van der Waals surface area contributed by atoms with E-state index in [1.54, 1.807) is 4.31 Å². The van der Waals surface area contributed by atoms with Crippen molar-refractivity contribution in [2.45, 2.75) is 52.0 Å². The highest BCUT2D eigenvalue weighted by Crippen LogP contribution is 2.21. The highest BCUT2D eigenvalue weighted by molar-refractivity contribution is 7.87. The molecule has 0 aromatic heterocycles. The monoisotopic (exact) mass is 277 g/mol. The number of nitrogens with two attached hydrogens (primary N) is 1. The van der Waals surface area contributed by atoms with Gasteiger partial charge in [-0.15, -0.1) is 0 Å². The predicted molar refractivity (Wildman–Crippen MR) is 74.4 cm³/mol. The fraction of sp³-hybridized carbons (Fsp3) is 1.00. The Kier molecular flexibility index (Phi) is 5.58. The van der Waals surface area contributed by atoms with E-state index in [2.05, 4.69) is 4.72 Å². The molecule has 3 N–H and O–H groups in total. The first-order valence-electron chi connectivity index (χ1n) is 6.86. The summed E-state index contributed by atoms with van der Waals surface area (Å²) in [6.07, 6.45) is 3.32. The number of nitrogens with one attached hydrogen (secondary N) is 1. The molecule has 1 saturated heterocycles. The molecular weight excluding hydrogens is 250 g/mol. The second-order valence-corrected chi connectivity index (χ2v) is 7.12. The zero-order chi connectivity index (χ0) is 13.8. The van der Waals surface area contributed by atoms with E-state index in [1.165, 1.54) is 0 Å². The largest absolute Gasteiger partial charge is 0.330 e. The molecule has 0 spiro atoms. The highest BCUT2D eigenvalue weighted by Gasteiger charge is 2.32. The van der Waals surface area contributed by atoms with E-state index >= 15 is 0 Å². The molecule has 108 valence electrons. The topological polar surface area (TPSA) is 75.4 Å². The zero-order valence-electron chi connectivity index (χ0n) is 11.8. The second kappa shape index (κ2) is 6.32. The van der Waals surface area contributed by atoms with Gasteiger partial charge in [-0.25, -0.2) is 0 Å². The van der Waals surface area contributed by atoms with E-state index < -0.39 is 10.2 Å². The van der Waals surface area contributed by atoms with Crippen molar-refractivity contribution in [2.75, 3.05) is 19.6 Å². The van der Waals surface area contributed by atoms with Crippen LogP contribution in [-0.4, -0.2) is 37.9 Å². The molecule has 18 heavy (non-hydrogen) atoms. The van der Waals surface area contributed by atoms with E-state index in [1.807, 2.05) is 20.8 Å². The van der Waals surface area contributed by atoms with Crippen LogP contribution in [0.1, 0.15) is 46.5 Å². The van der Waals surface area contributed by atoms with Crippen molar-refractivity contribution in [3.05, 3.63) is 0 Å². The SMILES string of the molecule is CCC(C)(CC)NS(=O)(=O)N1CCC(CN)CC1. The Morgan fingerprint density at radius 3 is 2.17 bits per heavy atom. The molecule has 0 bridgehead atoms. The third kappa shape index (κ3) is 3.91. The van der Waals surface area contributed by atoms with Crippen LogP contribution in [0, 0.1) is 5.92 Å². The maximum atomic E-state index is 12.3. The molecule has 0 unspecified atom stereocenters. The first kappa shape index (κ1) is 15.9. The van der Waals surface area contributed by atoms with Gasteiger partial charge in [-0.05, 0) is 45.1 Å². The number of hydrogen-bond acceptors (Lipinski definition) is 3.